The van der Waals surface area contributed by atoms with Gasteiger partial charge in [-0.2, -0.15) is 0 Å². The molecule has 0 unspecified atom stereocenters. The van der Waals surface area contributed by atoms with Crippen molar-refractivity contribution in [1.82, 2.24) is 9.97 Å². The second-order valence-electron chi connectivity index (χ2n) is 6.72. The average molecular weight is 462 g/mol. The van der Waals surface area contributed by atoms with Gasteiger partial charge in [0.25, 0.3) is 0 Å². The van der Waals surface area contributed by atoms with Crippen LogP contribution in [0.5, 0.6) is 0 Å². The number of ketones is 1. The summed E-state index contributed by atoms with van der Waals surface area (Å²) >= 11 is 6.00. The molecular weight excluding hydrogens is 448 g/mol. The van der Waals surface area contributed by atoms with Crippen LogP contribution < -0.4 is 4.72 Å². The van der Waals surface area contributed by atoms with Crippen molar-refractivity contribution < 1.29 is 22.0 Å². The van der Waals surface area contributed by atoms with E-state index in [1.54, 1.807) is 12.1 Å². The Morgan fingerprint density at radius 3 is 2.71 bits per heavy atom. The Labute approximate surface area is 180 Å². The molecular formula is C21H14ClF2N3O3S. The standard InChI is InChI=1S/C21H14ClF2N3O3S/c1-2-7-31(29,30)27-17-6-4-15(23)18(19(17)24)20(28)11-3-5-16-13(8-11)14-9-12(22)10-25-21(14)26-16/h2-6,8-10,27H,1,7H2,(H,25,26). The lowest BCUT2D eigenvalue weighted by Crippen LogP contribution is -2.18. The summed E-state index contributed by atoms with van der Waals surface area (Å²) in [4.78, 5) is 20.2. The number of nitrogens with one attached hydrogen (secondary N) is 2. The zero-order valence-corrected chi connectivity index (χ0v) is 17.3. The van der Waals surface area contributed by atoms with E-state index < -0.39 is 44.4 Å². The van der Waals surface area contributed by atoms with Gasteiger partial charge in [-0.25, -0.2) is 22.2 Å². The second-order valence-corrected chi connectivity index (χ2v) is 8.92. The summed E-state index contributed by atoms with van der Waals surface area (Å²) in [7, 11) is -3.94. The molecule has 0 aliphatic heterocycles. The number of hydrogen-bond donors (Lipinski definition) is 2. The van der Waals surface area contributed by atoms with E-state index in [0.29, 0.717) is 27.0 Å². The largest absolute Gasteiger partial charge is 0.339 e. The van der Waals surface area contributed by atoms with Crippen LogP contribution in [-0.2, 0) is 10.0 Å². The molecule has 0 fully saturated rings. The van der Waals surface area contributed by atoms with Crippen molar-refractivity contribution in [1.29, 1.82) is 0 Å². The summed E-state index contributed by atoms with van der Waals surface area (Å²) in [6.45, 7) is 3.31. The van der Waals surface area contributed by atoms with Crippen LogP contribution in [0, 0.1) is 11.6 Å². The third-order valence-electron chi connectivity index (χ3n) is 4.60. The maximum atomic E-state index is 15.0. The van der Waals surface area contributed by atoms with Crippen LogP contribution >= 0.6 is 11.6 Å². The molecule has 0 aliphatic carbocycles. The summed E-state index contributed by atoms with van der Waals surface area (Å²) in [5.74, 6) is -3.83. The third-order valence-corrected chi connectivity index (χ3v) is 6.01. The Kier molecular flexibility index (Phi) is 5.24. The smallest absolute Gasteiger partial charge is 0.236 e. The number of nitrogens with zero attached hydrogens (tertiary/aromatic N) is 1. The second kappa shape index (κ2) is 7.75. The van der Waals surface area contributed by atoms with Crippen LogP contribution in [0.2, 0.25) is 5.02 Å². The van der Waals surface area contributed by atoms with Crippen molar-refractivity contribution in [2.24, 2.45) is 0 Å². The van der Waals surface area contributed by atoms with Gasteiger partial charge in [0.05, 0.1) is 22.0 Å². The Bertz CT molecular complexity index is 1480. The SMILES string of the molecule is C=CCS(=O)(=O)Nc1ccc(F)c(C(=O)c2ccc3[nH]c4ncc(Cl)cc4c3c2)c1F. The van der Waals surface area contributed by atoms with Gasteiger partial charge in [-0.3, -0.25) is 9.52 Å². The van der Waals surface area contributed by atoms with Crippen molar-refractivity contribution in [3.8, 4) is 0 Å². The van der Waals surface area contributed by atoms with Gasteiger partial charge < -0.3 is 4.98 Å². The van der Waals surface area contributed by atoms with Crippen molar-refractivity contribution in [3.63, 3.8) is 0 Å². The molecule has 0 amide bonds. The quantitative estimate of drug-likeness (QED) is 0.318. The number of aromatic nitrogens is 2. The van der Waals surface area contributed by atoms with Gasteiger partial charge in [-0.1, -0.05) is 17.7 Å². The molecule has 2 aromatic carbocycles. The van der Waals surface area contributed by atoms with Crippen molar-refractivity contribution in [2.75, 3.05) is 10.5 Å². The number of carbonyl (C=O) groups excluding carboxylic acids is 1. The van der Waals surface area contributed by atoms with E-state index in [9.17, 15) is 22.0 Å². The van der Waals surface area contributed by atoms with Crippen LogP contribution in [0.15, 0.2) is 55.3 Å². The highest BCUT2D eigenvalue weighted by atomic mass is 35.5. The minimum absolute atomic E-state index is 0.0114. The number of fused-ring (bicyclic) bond motifs is 3. The number of carbonyl (C=O) groups is 1. The Morgan fingerprint density at radius 1 is 1.19 bits per heavy atom. The first kappa shape index (κ1) is 21.0. The van der Waals surface area contributed by atoms with E-state index >= 15 is 0 Å². The van der Waals surface area contributed by atoms with Crippen LogP contribution in [0.1, 0.15) is 15.9 Å². The summed E-state index contributed by atoms with van der Waals surface area (Å²) in [6, 6.07) is 7.88. The number of sulfonamides is 1. The van der Waals surface area contributed by atoms with E-state index in [0.717, 1.165) is 18.2 Å². The first-order valence-corrected chi connectivity index (χ1v) is 10.9. The van der Waals surface area contributed by atoms with Crippen molar-refractivity contribution in [3.05, 3.63) is 83.0 Å². The maximum absolute atomic E-state index is 15.0. The number of halogens is 3. The van der Waals surface area contributed by atoms with E-state index in [4.69, 9.17) is 11.6 Å². The van der Waals surface area contributed by atoms with Crippen LogP contribution in [0.25, 0.3) is 21.9 Å². The van der Waals surface area contributed by atoms with E-state index in [2.05, 4.69) is 16.5 Å². The monoisotopic (exact) mass is 461 g/mol. The molecule has 0 saturated heterocycles. The minimum atomic E-state index is -3.94. The van der Waals surface area contributed by atoms with Crippen LogP contribution in [0.3, 0.4) is 0 Å². The predicted molar refractivity (Wildman–Crippen MR) is 116 cm³/mol. The lowest BCUT2D eigenvalue weighted by atomic mass is 10.00. The molecule has 158 valence electrons. The average Bonchev–Trinajstić information content (AvgIpc) is 3.07. The maximum Gasteiger partial charge on any atom is 0.236 e. The normalized spacial score (nSPS) is 11.7. The number of H-pyrrole nitrogens is 1. The molecule has 10 heteroatoms. The number of aromatic amines is 1. The Hall–Kier alpha value is -3.30. The number of benzene rings is 2. The summed E-state index contributed by atoms with van der Waals surface area (Å²) in [6.07, 6.45) is 2.59. The minimum Gasteiger partial charge on any atom is -0.339 e. The summed E-state index contributed by atoms with van der Waals surface area (Å²) in [5, 5.41) is 1.63. The molecule has 0 radical (unpaired) electrons. The number of hydrogen-bond acceptors (Lipinski definition) is 4. The molecule has 0 spiro atoms. The molecule has 0 atom stereocenters. The molecule has 2 aromatic heterocycles. The van der Waals surface area contributed by atoms with Gasteiger partial charge in [0, 0.05) is 28.0 Å². The first-order chi connectivity index (χ1) is 14.7. The summed E-state index contributed by atoms with van der Waals surface area (Å²) < 4.78 is 55.2. The highest BCUT2D eigenvalue weighted by molar-refractivity contribution is 7.92. The molecule has 0 bridgehead atoms. The molecule has 0 saturated carbocycles. The Morgan fingerprint density at radius 2 is 1.97 bits per heavy atom. The molecule has 4 aromatic rings. The molecule has 4 rings (SSSR count). The zero-order chi connectivity index (χ0) is 22.3. The first-order valence-electron chi connectivity index (χ1n) is 8.91. The van der Waals surface area contributed by atoms with Crippen molar-refractivity contribution >= 4 is 55.0 Å². The summed E-state index contributed by atoms with van der Waals surface area (Å²) in [5.41, 5.74) is -0.185. The highest BCUT2D eigenvalue weighted by Crippen LogP contribution is 2.29. The fourth-order valence-electron chi connectivity index (χ4n) is 3.24. The van der Waals surface area contributed by atoms with Gasteiger partial charge in [0.15, 0.2) is 11.6 Å². The Balaban J connectivity index is 1.81. The molecule has 6 nitrogen and oxygen atoms in total. The van der Waals surface area contributed by atoms with Crippen LogP contribution in [0.4, 0.5) is 14.5 Å². The number of rotatable bonds is 6. The van der Waals surface area contributed by atoms with E-state index in [1.165, 1.54) is 18.3 Å². The van der Waals surface area contributed by atoms with Gasteiger partial charge in [-0.15, -0.1) is 6.58 Å². The van der Waals surface area contributed by atoms with E-state index in [1.807, 2.05) is 4.72 Å². The van der Waals surface area contributed by atoms with Crippen LogP contribution in [-0.4, -0.2) is 29.9 Å². The zero-order valence-electron chi connectivity index (χ0n) is 15.7. The fraction of sp³-hybridized carbons (Fsp3) is 0.0476. The van der Waals surface area contributed by atoms with Crippen molar-refractivity contribution in [2.45, 2.75) is 0 Å². The lowest BCUT2D eigenvalue weighted by molar-refractivity contribution is 0.103. The third kappa shape index (κ3) is 3.89. The lowest BCUT2D eigenvalue weighted by Gasteiger charge is -2.11. The fourth-order valence-corrected chi connectivity index (χ4v) is 4.28. The molecule has 2 N–H and O–H groups in total. The van der Waals surface area contributed by atoms with Gasteiger partial charge in [-0.05, 0) is 36.4 Å². The molecule has 0 aliphatic rings. The number of pyridine rings is 1. The number of anilines is 1. The van der Waals surface area contributed by atoms with Gasteiger partial charge in [0.2, 0.25) is 10.0 Å². The molecule has 31 heavy (non-hydrogen) atoms. The molecule has 2 heterocycles. The highest BCUT2D eigenvalue weighted by Gasteiger charge is 2.24. The van der Waals surface area contributed by atoms with Gasteiger partial charge in [0.1, 0.15) is 11.5 Å². The van der Waals surface area contributed by atoms with Gasteiger partial charge >= 0.3 is 0 Å². The predicted octanol–water partition coefficient (Wildman–Crippen LogP) is 4.81. The van der Waals surface area contributed by atoms with E-state index in [-0.39, 0.29) is 5.56 Å². The topological polar surface area (TPSA) is 91.9 Å².